The Balaban J connectivity index is 1.84. The van der Waals surface area contributed by atoms with Gasteiger partial charge in [-0.1, -0.05) is 66.7 Å². The SMILES string of the molecule is COC(=O)C(C/C=C/C(=O)Cc1ccccc1)NC(=O)OCc1ccccc1. The molecule has 1 atom stereocenters. The average molecular weight is 381 g/mol. The first-order valence-corrected chi connectivity index (χ1v) is 8.87. The summed E-state index contributed by atoms with van der Waals surface area (Å²) in [7, 11) is 1.23. The number of hydrogen-bond donors (Lipinski definition) is 1. The number of nitrogens with one attached hydrogen (secondary N) is 1. The molecule has 0 heterocycles. The Bertz CT molecular complexity index is 802. The molecular weight excluding hydrogens is 358 g/mol. The molecule has 0 aliphatic heterocycles. The molecule has 2 aromatic rings. The Kier molecular flexibility index (Phi) is 8.46. The maximum Gasteiger partial charge on any atom is 0.408 e. The standard InChI is InChI=1S/C22H23NO5/c1-27-21(25)20(23-22(26)28-16-18-11-6-3-7-12-18)14-8-13-19(24)15-17-9-4-2-5-10-17/h2-13,20H,14-16H2,1H3,(H,23,26)/b13-8+. The Morgan fingerprint density at radius 2 is 1.57 bits per heavy atom. The van der Waals surface area contributed by atoms with Gasteiger partial charge in [0, 0.05) is 6.42 Å². The fourth-order valence-electron chi connectivity index (χ4n) is 2.45. The normalized spacial score (nSPS) is 11.6. The minimum Gasteiger partial charge on any atom is -0.467 e. The first-order valence-electron chi connectivity index (χ1n) is 8.87. The molecule has 1 unspecified atom stereocenters. The summed E-state index contributed by atoms with van der Waals surface area (Å²) >= 11 is 0. The van der Waals surface area contributed by atoms with Crippen LogP contribution in [0.15, 0.2) is 72.8 Å². The van der Waals surface area contributed by atoms with Crippen molar-refractivity contribution in [2.45, 2.75) is 25.5 Å². The Hall–Kier alpha value is -3.41. The van der Waals surface area contributed by atoms with Gasteiger partial charge in [0.15, 0.2) is 5.78 Å². The monoisotopic (exact) mass is 381 g/mol. The lowest BCUT2D eigenvalue weighted by Crippen LogP contribution is -2.41. The Morgan fingerprint density at radius 3 is 2.18 bits per heavy atom. The van der Waals surface area contributed by atoms with E-state index in [9.17, 15) is 14.4 Å². The Morgan fingerprint density at radius 1 is 0.964 bits per heavy atom. The van der Waals surface area contributed by atoms with Crippen molar-refractivity contribution in [2.75, 3.05) is 7.11 Å². The van der Waals surface area contributed by atoms with Crippen molar-refractivity contribution in [3.8, 4) is 0 Å². The van der Waals surface area contributed by atoms with E-state index in [-0.39, 0.29) is 25.2 Å². The van der Waals surface area contributed by atoms with Crippen LogP contribution in [0.5, 0.6) is 0 Å². The lowest BCUT2D eigenvalue weighted by atomic mass is 10.1. The topological polar surface area (TPSA) is 81.7 Å². The van der Waals surface area contributed by atoms with Crippen molar-refractivity contribution in [3.05, 3.63) is 83.9 Å². The molecule has 0 radical (unpaired) electrons. The van der Waals surface area contributed by atoms with Crippen molar-refractivity contribution in [1.29, 1.82) is 0 Å². The summed E-state index contributed by atoms with van der Waals surface area (Å²) in [5.74, 6) is -0.710. The summed E-state index contributed by atoms with van der Waals surface area (Å²) in [6.07, 6.45) is 2.60. The van der Waals surface area contributed by atoms with Crippen LogP contribution in [0.4, 0.5) is 4.79 Å². The van der Waals surface area contributed by atoms with Crippen LogP contribution in [0.1, 0.15) is 17.5 Å². The van der Waals surface area contributed by atoms with Gasteiger partial charge in [-0.15, -0.1) is 0 Å². The average Bonchev–Trinajstić information content (AvgIpc) is 2.72. The summed E-state index contributed by atoms with van der Waals surface area (Å²) in [6, 6.07) is 17.6. The second kappa shape index (κ2) is 11.3. The van der Waals surface area contributed by atoms with Gasteiger partial charge in [-0.05, 0) is 23.6 Å². The van der Waals surface area contributed by atoms with E-state index >= 15 is 0 Å². The number of ether oxygens (including phenoxy) is 2. The molecule has 0 spiro atoms. The lowest BCUT2D eigenvalue weighted by Gasteiger charge is -2.14. The van der Waals surface area contributed by atoms with Gasteiger partial charge in [0.25, 0.3) is 0 Å². The third-order valence-corrected chi connectivity index (χ3v) is 3.89. The van der Waals surface area contributed by atoms with Crippen LogP contribution < -0.4 is 5.32 Å². The van der Waals surface area contributed by atoms with Crippen LogP contribution in [0, 0.1) is 0 Å². The highest BCUT2D eigenvalue weighted by molar-refractivity contribution is 5.91. The van der Waals surface area contributed by atoms with E-state index in [0.29, 0.717) is 0 Å². The van der Waals surface area contributed by atoms with E-state index in [1.165, 1.54) is 13.2 Å². The van der Waals surface area contributed by atoms with Gasteiger partial charge in [-0.3, -0.25) is 4.79 Å². The molecule has 146 valence electrons. The van der Waals surface area contributed by atoms with E-state index in [2.05, 4.69) is 5.32 Å². The third-order valence-electron chi connectivity index (χ3n) is 3.89. The van der Waals surface area contributed by atoms with Gasteiger partial charge in [0.2, 0.25) is 0 Å². The lowest BCUT2D eigenvalue weighted by molar-refractivity contribution is -0.142. The molecule has 6 heteroatoms. The molecule has 28 heavy (non-hydrogen) atoms. The number of allylic oxidation sites excluding steroid dienone is 1. The second-order valence-corrected chi connectivity index (χ2v) is 6.05. The van der Waals surface area contributed by atoms with E-state index in [1.54, 1.807) is 6.08 Å². The third kappa shape index (κ3) is 7.45. The quantitative estimate of drug-likeness (QED) is 0.533. The van der Waals surface area contributed by atoms with Crippen LogP contribution in [0.3, 0.4) is 0 Å². The molecule has 0 fully saturated rings. The fourth-order valence-corrected chi connectivity index (χ4v) is 2.45. The molecule has 0 aromatic heterocycles. The van der Waals surface area contributed by atoms with Gasteiger partial charge in [-0.25, -0.2) is 9.59 Å². The summed E-state index contributed by atoms with van der Waals surface area (Å²) in [6.45, 7) is 0.0893. The molecule has 0 saturated carbocycles. The number of rotatable bonds is 9. The van der Waals surface area contributed by atoms with E-state index in [4.69, 9.17) is 9.47 Å². The zero-order valence-corrected chi connectivity index (χ0v) is 15.7. The van der Waals surface area contributed by atoms with Gasteiger partial charge in [-0.2, -0.15) is 0 Å². The van der Waals surface area contributed by atoms with Crippen LogP contribution in [-0.4, -0.2) is 31.0 Å². The fraction of sp³-hybridized carbons (Fsp3) is 0.227. The van der Waals surface area contributed by atoms with Crippen LogP contribution in [-0.2, 0) is 32.1 Å². The second-order valence-electron chi connectivity index (χ2n) is 6.05. The summed E-state index contributed by atoms with van der Waals surface area (Å²) in [5.41, 5.74) is 1.74. The molecule has 2 rings (SSSR count). The molecule has 0 aliphatic carbocycles. The number of hydrogen-bond acceptors (Lipinski definition) is 5. The predicted octanol–water partition coefficient (Wildman–Crippen LogP) is 3.21. The first-order chi connectivity index (χ1) is 13.6. The molecule has 2 aromatic carbocycles. The van der Waals surface area contributed by atoms with Crippen molar-refractivity contribution in [2.24, 2.45) is 0 Å². The number of ketones is 1. The first kappa shape index (κ1) is 20.9. The molecule has 0 aliphatic rings. The number of amides is 1. The highest BCUT2D eigenvalue weighted by atomic mass is 16.6. The van der Waals surface area contributed by atoms with E-state index in [0.717, 1.165) is 11.1 Å². The summed E-state index contributed by atoms with van der Waals surface area (Å²) in [5, 5.41) is 2.46. The number of carbonyl (C=O) groups excluding carboxylic acids is 3. The van der Waals surface area contributed by atoms with E-state index in [1.807, 2.05) is 60.7 Å². The summed E-state index contributed by atoms with van der Waals surface area (Å²) < 4.78 is 9.81. The van der Waals surface area contributed by atoms with E-state index < -0.39 is 18.1 Å². The predicted molar refractivity (Wildman–Crippen MR) is 104 cm³/mol. The minimum atomic E-state index is -0.936. The zero-order chi connectivity index (χ0) is 20.2. The molecule has 0 bridgehead atoms. The van der Waals surface area contributed by atoms with Crippen molar-refractivity contribution in [1.82, 2.24) is 5.32 Å². The largest absolute Gasteiger partial charge is 0.467 e. The smallest absolute Gasteiger partial charge is 0.408 e. The maximum atomic E-state index is 12.0. The van der Waals surface area contributed by atoms with Crippen molar-refractivity contribution < 1.29 is 23.9 Å². The molecule has 1 N–H and O–H groups in total. The van der Waals surface area contributed by atoms with Gasteiger partial charge in [0.1, 0.15) is 12.6 Å². The van der Waals surface area contributed by atoms with Crippen LogP contribution in [0.2, 0.25) is 0 Å². The summed E-state index contributed by atoms with van der Waals surface area (Å²) in [4.78, 5) is 35.8. The van der Waals surface area contributed by atoms with Gasteiger partial charge in [0.05, 0.1) is 7.11 Å². The van der Waals surface area contributed by atoms with Crippen molar-refractivity contribution in [3.63, 3.8) is 0 Å². The molecule has 6 nitrogen and oxygen atoms in total. The highest BCUT2D eigenvalue weighted by Crippen LogP contribution is 2.04. The molecule has 1 amide bonds. The number of methoxy groups -OCH3 is 1. The Labute approximate surface area is 164 Å². The minimum absolute atomic E-state index is 0.0893. The zero-order valence-electron chi connectivity index (χ0n) is 15.7. The maximum absolute atomic E-state index is 12.0. The molecular formula is C22H23NO5. The number of carbonyl (C=O) groups is 3. The number of alkyl carbamates (subject to hydrolysis) is 1. The van der Waals surface area contributed by atoms with Gasteiger partial charge >= 0.3 is 12.1 Å². The van der Waals surface area contributed by atoms with Crippen molar-refractivity contribution >= 4 is 17.8 Å². The van der Waals surface area contributed by atoms with Crippen LogP contribution in [0.25, 0.3) is 0 Å². The highest BCUT2D eigenvalue weighted by Gasteiger charge is 2.21. The van der Waals surface area contributed by atoms with Crippen LogP contribution >= 0.6 is 0 Å². The number of esters is 1. The number of benzene rings is 2. The molecule has 0 saturated heterocycles. The van der Waals surface area contributed by atoms with Gasteiger partial charge < -0.3 is 14.8 Å².